The van der Waals surface area contributed by atoms with E-state index < -0.39 is 21.8 Å². The zero-order valence-corrected chi connectivity index (χ0v) is 16.0. The Morgan fingerprint density at radius 3 is 2.52 bits per heavy atom. The lowest BCUT2D eigenvalue weighted by Gasteiger charge is -2.07. The molecule has 0 aliphatic heterocycles. The molecule has 0 atom stereocenters. The molecule has 142 valence electrons. The summed E-state index contributed by atoms with van der Waals surface area (Å²) in [5.74, 6) is -0.647. The highest BCUT2D eigenvalue weighted by molar-refractivity contribution is 7.89. The molecule has 0 spiro atoms. The van der Waals surface area contributed by atoms with Crippen molar-refractivity contribution >= 4 is 49.0 Å². The van der Waals surface area contributed by atoms with Crippen LogP contribution in [0.2, 0.25) is 5.02 Å². The third-order valence-electron chi connectivity index (χ3n) is 3.51. The Morgan fingerprint density at radius 1 is 1.15 bits per heavy atom. The summed E-state index contributed by atoms with van der Waals surface area (Å²) < 4.78 is 46.7. The predicted molar refractivity (Wildman–Crippen MR) is 100 cm³/mol. The summed E-state index contributed by atoms with van der Waals surface area (Å²) in [5, 5.41) is 5.81. The molecular formula is C17H13ClFNO5S2. The summed E-state index contributed by atoms with van der Waals surface area (Å²) in [6.07, 6.45) is 0. The number of rotatable bonds is 6. The SMILES string of the molecule is NS(=O)(=O)c1ccc(OCCOC(=O)c2sc3cc(F)ccc3c2Cl)cc1. The van der Waals surface area contributed by atoms with Crippen molar-refractivity contribution < 1.29 is 27.1 Å². The first-order valence-electron chi connectivity index (χ1n) is 7.56. The molecule has 0 fully saturated rings. The maximum absolute atomic E-state index is 13.3. The van der Waals surface area contributed by atoms with Gasteiger partial charge in [0.1, 0.15) is 29.7 Å². The van der Waals surface area contributed by atoms with Crippen LogP contribution in [0, 0.1) is 5.82 Å². The predicted octanol–water partition coefficient (Wildman–Crippen LogP) is 3.58. The second-order valence-corrected chi connectivity index (χ2v) is 8.38. The smallest absolute Gasteiger partial charge is 0.350 e. The van der Waals surface area contributed by atoms with Crippen LogP contribution in [0.3, 0.4) is 0 Å². The molecule has 0 aliphatic rings. The lowest BCUT2D eigenvalue weighted by molar-refractivity contribution is 0.0456. The van der Waals surface area contributed by atoms with Crippen LogP contribution in [-0.2, 0) is 14.8 Å². The van der Waals surface area contributed by atoms with Crippen LogP contribution in [-0.4, -0.2) is 27.6 Å². The van der Waals surface area contributed by atoms with Crippen molar-refractivity contribution in [2.24, 2.45) is 5.14 Å². The van der Waals surface area contributed by atoms with E-state index >= 15 is 0 Å². The normalized spacial score (nSPS) is 11.5. The second-order valence-electron chi connectivity index (χ2n) is 5.39. The summed E-state index contributed by atoms with van der Waals surface area (Å²) in [6.45, 7) is 0.00626. The number of hydrogen-bond acceptors (Lipinski definition) is 6. The second kappa shape index (κ2) is 7.81. The molecule has 1 aromatic heterocycles. The number of fused-ring (bicyclic) bond motifs is 1. The molecule has 0 bridgehead atoms. The number of primary sulfonamides is 1. The first-order valence-corrected chi connectivity index (χ1v) is 10.3. The molecule has 0 amide bonds. The van der Waals surface area contributed by atoms with Crippen LogP contribution >= 0.6 is 22.9 Å². The molecular weight excluding hydrogens is 417 g/mol. The Hall–Kier alpha value is -2.20. The Kier molecular flexibility index (Phi) is 5.66. The van der Waals surface area contributed by atoms with E-state index in [4.69, 9.17) is 26.2 Å². The van der Waals surface area contributed by atoms with Crippen LogP contribution in [0.1, 0.15) is 9.67 Å². The van der Waals surface area contributed by atoms with Crippen molar-refractivity contribution in [3.05, 3.63) is 58.2 Å². The molecule has 2 N–H and O–H groups in total. The molecule has 2 aromatic carbocycles. The minimum atomic E-state index is -3.76. The van der Waals surface area contributed by atoms with Crippen molar-refractivity contribution in [3.8, 4) is 5.75 Å². The number of carbonyl (C=O) groups excluding carboxylic acids is 1. The van der Waals surface area contributed by atoms with Gasteiger partial charge in [-0.15, -0.1) is 11.3 Å². The highest BCUT2D eigenvalue weighted by Gasteiger charge is 2.18. The van der Waals surface area contributed by atoms with Gasteiger partial charge in [-0.05, 0) is 42.5 Å². The van der Waals surface area contributed by atoms with Gasteiger partial charge in [0, 0.05) is 10.1 Å². The number of thiophene rings is 1. The van der Waals surface area contributed by atoms with Crippen molar-refractivity contribution in [3.63, 3.8) is 0 Å². The van der Waals surface area contributed by atoms with Gasteiger partial charge in [-0.1, -0.05) is 11.6 Å². The maximum atomic E-state index is 13.3. The molecule has 0 saturated heterocycles. The third kappa shape index (κ3) is 4.56. The minimum Gasteiger partial charge on any atom is -0.490 e. The van der Waals surface area contributed by atoms with Crippen LogP contribution in [0.25, 0.3) is 10.1 Å². The van der Waals surface area contributed by atoms with E-state index in [-0.39, 0.29) is 28.0 Å². The average Bonchev–Trinajstić information content (AvgIpc) is 2.94. The quantitative estimate of drug-likeness (QED) is 0.477. The zero-order chi connectivity index (χ0) is 19.6. The fourth-order valence-corrected chi connectivity index (χ4v) is 4.20. The molecule has 0 aliphatic carbocycles. The van der Waals surface area contributed by atoms with Crippen molar-refractivity contribution in [2.75, 3.05) is 13.2 Å². The Labute approximate surface area is 163 Å². The number of halogens is 2. The third-order valence-corrected chi connectivity index (χ3v) is 6.08. The van der Waals surface area contributed by atoms with E-state index in [1.54, 1.807) is 0 Å². The molecule has 3 aromatic rings. The van der Waals surface area contributed by atoms with E-state index in [9.17, 15) is 17.6 Å². The first kappa shape index (κ1) is 19.6. The fourth-order valence-electron chi connectivity index (χ4n) is 2.26. The number of carbonyl (C=O) groups is 1. The lowest BCUT2D eigenvalue weighted by Crippen LogP contribution is -2.13. The van der Waals surface area contributed by atoms with Crippen LogP contribution in [0.5, 0.6) is 5.75 Å². The Morgan fingerprint density at radius 2 is 1.85 bits per heavy atom. The van der Waals surface area contributed by atoms with Gasteiger partial charge in [0.05, 0.1) is 9.92 Å². The maximum Gasteiger partial charge on any atom is 0.350 e. The van der Waals surface area contributed by atoms with Gasteiger partial charge in [0.2, 0.25) is 10.0 Å². The molecule has 0 unspecified atom stereocenters. The number of sulfonamides is 1. The van der Waals surface area contributed by atoms with E-state index in [1.807, 2.05) is 0 Å². The van der Waals surface area contributed by atoms with Gasteiger partial charge in [-0.2, -0.15) is 0 Å². The van der Waals surface area contributed by atoms with Crippen molar-refractivity contribution in [1.29, 1.82) is 0 Å². The average molecular weight is 430 g/mol. The Balaban J connectivity index is 1.56. The molecule has 10 heteroatoms. The van der Waals surface area contributed by atoms with Gasteiger partial charge in [-0.25, -0.2) is 22.7 Å². The minimum absolute atomic E-state index is 0.0304. The topological polar surface area (TPSA) is 95.7 Å². The number of benzene rings is 2. The number of hydrogen-bond donors (Lipinski definition) is 1. The van der Waals surface area contributed by atoms with Crippen LogP contribution < -0.4 is 9.88 Å². The highest BCUT2D eigenvalue weighted by atomic mass is 35.5. The van der Waals surface area contributed by atoms with Gasteiger partial charge >= 0.3 is 5.97 Å². The number of esters is 1. The standard InChI is InChI=1S/C17H13ClFNO5S2/c18-15-13-6-1-10(19)9-14(13)26-16(15)17(21)25-8-7-24-11-2-4-12(5-3-11)27(20,22)23/h1-6,9H,7-8H2,(H2,20,22,23). The molecule has 3 rings (SSSR count). The van der Waals surface area contributed by atoms with Gasteiger partial charge in [0.15, 0.2) is 0 Å². The molecule has 1 heterocycles. The number of ether oxygens (including phenoxy) is 2. The van der Waals surface area contributed by atoms with Crippen LogP contribution in [0.4, 0.5) is 4.39 Å². The first-order chi connectivity index (χ1) is 12.8. The fraction of sp³-hybridized carbons (Fsp3) is 0.118. The highest BCUT2D eigenvalue weighted by Crippen LogP contribution is 2.36. The Bertz CT molecular complexity index is 1100. The van der Waals surface area contributed by atoms with E-state index in [1.165, 1.54) is 42.5 Å². The summed E-state index contributed by atoms with van der Waals surface area (Å²) in [4.78, 5) is 12.3. The molecule has 6 nitrogen and oxygen atoms in total. The van der Waals surface area contributed by atoms with Crippen LogP contribution in [0.15, 0.2) is 47.4 Å². The zero-order valence-electron chi connectivity index (χ0n) is 13.6. The number of nitrogens with two attached hydrogens (primary N) is 1. The van der Waals surface area contributed by atoms with Crippen molar-refractivity contribution in [2.45, 2.75) is 4.90 Å². The van der Waals surface area contributed by atoms with Gasteiger partial charge in [-0.3, -0.25) is 0 Å². The molecule has 0 radical (unpaired) electrons. The summed E-state index contributed by atoms with van der Waals surface area (Å²) in [5.41, 5.74) is 0. The van der Waals surface area contributed by atoms with E-state index in [0.717, 1.165) is 11.3 Å². The monoisotopic (exact) mass is 429 g/mol. The van der Waals surface area contributed by atoms with Crippen molar-refractivity contribution in [1.82, 2.24) is 0 Å². The summed E-state index contributed by atoms with van der Waals surface area (Å²) >= 11 is 7.21. The summed E-state index contributed by atoms with van der Waals surface area (Å²) in [7, 11) is -3.76. The summed E-state index contributed by atoms with van der Waals surface area (Å²) in [6, 6.07) is 9.59. The molecule has 27 heavy (non-hydrogen) atoms. The lowest BCUT2D eigenvalue weighted by atomic mass is 10.2. The largest absolute Gasteiger partial charge is 0.490 e. The van der Waals surface area contributed by atoms with Gasteiger partial charge < -0.3 is 9.47 Å². The van der Waals surface area contributed by atoms with E-state index in [0.29, 0.717) is 15.8 Å². The van der Waals surface area contributed by atoms with Gasteiger partial charge in [0.25, 0.3) is 0 Å². The molecule has 0 saturated carbocycles. The van der Waals surface area contributed by atoms with E-state index in [2.05, 4.69) is 0 Å².